The van der Waals surface area contributed by atoms with Crippen LogP contribution in [0.1, 0.15) is 10.4 Å². The quantitative estimate of drug-likeness (QED) is 0.485. The highest BCUT2D eigenvalue weighted by molar-refractivity contribution is 8.01. The topological polar surface area (TPSA) is 9.23 Å². The minimum atomic E-state index is -1.36. The monoisotopic (exact) mass is 336 g/mol. The van der Waals surface area contributed by atoms with E-state index in [-0.39, 0.29) is 0 Å². The van der Waals surface area contributed by atoms with E-state index in [1.807, 2.05) is 36.0 Å². The second kappa shape index (κ2) is 6.90. The Labute approximate surface area is 137 Å². The Morgan fingerprint density at radius 2 is 1.52 bits per heavy atom. The maximum atomic E-state index is 5.97. The van der Waals surface area contributed by atoms with Crippen molar-refractivity contribution in [2.45, 2.75) is 29.4 Å². The molecule has 1 unspecified atom stereocenters. The van der Waals surface area contributed by atoms with Crippen molar-refractivity contribution in [2.75, 3.05) is 7.11 Å². The van der Waals surface area contributed by atoms with E-state index >= 15 is 0 Å². The van der Waals surface area contributed by atoms with Crippen LogP contribution < -0.4 is 4.74 Å². The van der Waals surface area contributed by atoms with Gasteiger partial charge in [-0.1, -0.05) is 43.4 Å². The van der Waals surface area contributed by atoms with E-state index in [2.05, 4.69) is 43.9 Å². The molecular weight excluding hydrogens is 316 g/mol. The minimum Gasteiger partial charge on any atom is -0.497 e. The molecular formula is C17H21ClOSSi. The van der Waals surface area contributed by atoms with Gasteiger partial charge in [0.25, 0.3) is 0 Å². The summed E-state index contributed by atoms with van der Waals surface area (Å²) in [6.45, 7) is 7.22. The highest BCUT2D eigenvalue weighted by Gasteiger charge is 2.29. The van der Waals surface area contributed by atoms with E-state index in [0.717, 1.165) is 10.8 Å². The molecule has 0 saturated carbocycles. The van der Waals surface area contributed by atoms with E-state index in [1.165, 1.54) is 10.5 Å². The molecule has 0 heterocycles. The summed E-state index contributed by atoms with van der Waals surface area (Å²) >= 11 is 7.91. The molecule has 2 rings (SSSR count). The number of halogens is 1. The van der Waals surface area contributed by atoms with Crippen LogP contribution in [0.5, 0.6) is 5.75 Å². The molecule has 0 aliphatic rings. The Morgan fingerprint density at radius 1 is 0.952 bits per heavy atom. The Kier molecular flexibility index (Phi) is 5.41. The van der Waals surface area contributed by atoms with E-state index in [4.69, 9.17) is 16.3 Å². The Morgan fingerprint density at radius 3 is 2.00 bits per heavy atom. The van der Waals surface area contributed by atoms with Gasteiger partial charge in [-0.15, -0.1) is 11.8 Å². The number of hydrogen-bond donors (Lipinski definition) is 0. The summed E-state index contributed by atoms with van der Waals surface area (Å²) in [5.41, 5.74) is 1.37. The average Bonchev–Trinajstić information content (AvgIpc) is 2.45. The first-order chi connectivity index (χ1) is 9.90. The maximum Gasteiger partial charge on any atom is 0.118 e. The Balaban J connectivity index is 2.27. The van der Waals surface area contributed by atoms with Gasteiger partial charge in [0.2, 0.25) is 0 Å². The first-order valence-electron chi connectivity index (χ1n) is 6.96. The number of benzene rings is 2. The molecule has 0 N–H and O–H groups in total. The third-order valence-corrected chi connectivity index (χ3v) is 8.96. The molecule has 112 valence electrons. The van der Waals surface area contributed by atoms with E-state index in [0.29, 0.717) is 4.87 Å². The second-order valence-electron chi connectivity index (χ2n) is 6.09. The molecule has 0 amide bonds. The first-order valence-corrected chi connectivity index (χ1v) is 11.8. The third-order valence-electron chi connectivity index (χ3n) is 3.27. The molecule has 0 saturated heterocycles. The molecule has 2 aromatic carbocycles. The maximum absolute atomic E-state index is 5.97. The van der Waals surface area contributed by atoms with Gasteiger partial charge in [0.1, 0.15) is 5.75 Å². The Bertz CT molecular complexity index is 575. The number of methoxy groups -OCH3 is 1. The summed E-state index contributed by atoms with van der Waals surface area (Å²) in [6, 6.07) is 16.6. The van der Waals surface area contributed by atoms with E-state index < -0.39 is 8.07 Å². The lowest BCUT2D eigenvalue weighted by Crippen LogP contribution is -2.28. The van der Waals surface area contributed by atoms with Gasteiger partial charge >= 0.3 is 0 Å². The fraction of sp³-hybridized carbons (Fsp3) is 0.294. The van der Waals surface area contributed by atoms with Gasteiger partial charge in [0.15, 0.2) is 0 Å². The lowest BCUT2D eigenvalue weighted by Gasteiger charge is -2.29. The van der Waals surface area contributed by atoms with Crippen molar-refractivity contribution in [1.82, 2.24) is 0 Å². The SMILES string of the molecule is COc1ccc(C(Sc2ccc(Cl)cc2)[Si](C)(C)C)cc1. The van der Waals surface area contributed by atoms with Crippen LogP contribution in [-0.2, 0) is 0 Å². The molecule has 0 bridgehead atoms. The molecule has 21 heavy (non-hydrogen) atoms. The van der Waals surface area contributed by atoms with Crippen LogP contribution in [0.2, 0.25) is 24.7 Å². The summed E-state index contributed by atoms with van der Waals surface area (Å²) in [5, 5.41) is 0.786. The first kappa shape index (κ1) is 16.5. The van der Waals surface area contributed by atoms with Gasteiger partial charge in [0.05, 0.1) is 15.2 Å². The van der Waals surface area contributed by atoms with Gasteiger partial charge in [-0.05, 0) is 42.0 Å². The van der Waals surface area contributed by atoms with Gasteiger partial charge in [-0.25, -0.2) is 0 Å². The molecule has 0 spiro atoms. The predicted octanol–water partition coefficient (Wildman–Crippen LogP) is 6.06. The van der Waals surface area contributed by atoms with Crippen molar-refractivity contribution in [1.29, 1.82) is 0 Å². The molecule has 0 aromatic heterocycles. The van der Waals surface area contributed by atoms with Crippen molar-refractivity contribution in [3.63, 3.8) is 0 Å². The van der Waals surface area contributed by atoms with Crippen LogP contribution in [0.25, 0.3) is 0 Å². The summed E-state index contributed by atoms with van der Waals surface area (Å²) < 4.78 is 5.26. The summed E-state index contributed by atoms with van der Waals surface area (Å²) in [7, 11) is 0.340. The molecule has 0 aliphatic heterocycles. The Hall–Kier alpha value is -0.903. The smallest absolute Gasteiger partial charge is 0.118 e. The van der Waals surface area contributed by atoms with Gasteiger partial charge in [0, 0.05) is 14.8 Å². The van der Waals surface area contributed by atoms with Gasteiger partial charge in [-0.3, -0.25) is 0 Å². The second-order valence-corrected chi connectivity index (χ2v) is 13.4. The lowest BCUT2D eigenvalue weighted by molar-refractivity contribution is 0.414. The zero-order valence-corrected chi connectivity index (χ0v) is 15.5. The highest BCUT2D eigenvalue weighted by atomic mass is 35.5. The van der Waals surface area contributed by atoms with Crippen LogP contribution in [-0.4, -0.2) is 15.2 Å². The fourth-order valence-corrected chi connectivity index (χ4v) is 6.17. The van der Waals surface area contributed by atoms with Crippen molar-refractivity contribution >= 4 is 31.4 Å². The zero-order valence-electron chi connectivity index (χ0n) is 12.9. The molecule has 2 aromatic rings. The van der Waals surface area contributed by atoms with Crippen molar-refractivity contribution in [3.8, 4) is 5.75 Å². The van der Waals surface area contributed by atoms with Crippen molar-refractivity contribution < 1.29 is 4.74 Å². The van der Waals surface area contributed by atoms with Crippen LogP contribution in [0.3, 0.4) is 0 Å². The number of thioether (sulfide) groups is 1. The molecule has 4 heteroatoms. The molecule has 1 atom stereocenters. The van der Waals surface area contributed by atoms with Crippen LogP contribution in [0.15, 0.2) is 53.4 Å². The summed E-state index contributed by atoms with van der Waals surface area (Å²) in [6.07, 6.45) is 0. The van der Waals surface area contributed by atoms with Gasteiger partial charge in [-0.2, -0.15) is 0 Å². The molecule has 0 radical (unpaired) electrons. The highest BCUT2D eigenvalue weighted by Crippen LogP contribution is 2.42. The number of hydrogen-bond acceptors (Lipinski definition) is 2. The fourth-order valence-electron chi connectivity index (χ4n) is 2.17. The normalized spacial score (nSPS) is 13.0. The molecule has 1 nitrogen and oxygen atoms in total. The van der Waals surface area contributed by atoms with Gasteiger partial charge < -0.3 is 4.74 Å². The third kappa shape index (κ3) is 4.53. The number of ether oxygens (including phenoxy) is 1. The minimum absolute atomic E-state index is 0.504. The van der Waals surface area contributed by atoms with Crippen LogP contribution in [0.4, 0.5) is 0 Å². The van der Waals surface area contributed by atoms with Crippen molar-refractivity contribution in [2.24, 2.45) is 0 Å². The largest absolute Gasteiger partial charge is 0.497 e. The zero-order chi connectivity index (χ0) is 15.5. The van der Waals surface area contributed by atoms with Crippen LogP contribution >= 0.6 is 23.4 Å². The number of rotatable bonds is 5. The van der Waals surface area contributed by atoms with E-state index in [1.54, 1.807) is 7.11 Å². The molecule has 0 aliphatic carbocycles. The molecule has 0 fully saturated rings. The van der Waals surface area contributed by atoms with Crippen molar-refractivity contribution in [3.05, 3.63) is 59.1 Å². The lowest BCUT2D eigenvalue weighted by atomic mass is 10.2. The summed E-state index contributed by atoms with van der Waals surface area (Å²) in [4.78, 5) is 1.77. The standard InChI is InChI=1S/C17H21ClOSSi/c1-19-15-9-5-13(6-10-15)17(21(2,3)4)20-16-11-7-14(18)8-12-16/h5-12,17H,1-4H3. The predicted molar refractivity (Wildman–Crippen MR) is 96.4 cm³/mol. The summed E-state index contributed by atoms with van der Waals surface area (Å²) in [5.74, 6) is 0.907. The van der Waals surface area contributed by atoms with E-state index in [9.17, 15) is 0 Å². The average molecular weight is 337 g/mol. The van der Waals surface area contributed by atoms with Crippen LogP contribution in [0, 0.1) is 0 Å².